The molecule has 0 spiro atoms. The number of aliphatic carboxylic acids is 1. The number of carboxylic acid groups (broad SMARTS) is 1. The molecule has 0 saturated heterocycles. The molecule has 0 aromatic heterocycles. The lowest BCUT2D eigenvalue weighted by Gasteiger charge is -2.30. The predicted octanol–water partition coefficient (Wildman–Crippen LogP) is 2.23. The van der Waals surface area contributed by atoms with Crippen LogP contribution < -0.4 is 5.32 Å². The van der Waals surface area contributed by atoms with E-state index < -0.39 is 11.5 Å². The van der Waals surface area contributed by atoms with Crippen molar-refractivity contribution >= 4 is 5.97 Å². The van der Waals surface area contributed by atoms with E-state index in [4.69, 9.17) is 0 Å². The number of aryl methyl sites for hydroxylation is 1. The maximum absolute atomic E-state index is 11.7. The van der Waals surface area contributed by atoms with Crippen LogP contribution in [0.1, 0.15) is 31.9 Å². The van der Waals surface area contributed by atoms with E-state index >= 15 is 0 Å². The van der Waals surface area contributed by atoms with Crippen molar-refractivity contribution in [1.29, 1.82) is 0 Å². The third-order valence-electron chi connectivity index (χ3n) is 3.91. The number of nitrogens with zero attached hydrogens (tertiary/aromatic N) is 1. The highest BCUT2D eigenvalue weighted by Crippen LogP contribution is 2.24. The number of benzene rings is 1. The van der Waals surface area contributed by atoms with E-state index in [1.165, 1.54) is 0 Å². The van der Waals surface area contributed by atoms with Gasteiger partial charge in [0.1, 0.15) is 5.54 Å². The first kappa shape index (κ1) is 16.7. The summed E-state index contributed by atoms with van der Waals surface area (Å²) >= 11 is 0. The summed E-state index contributed by atoms with van der Waals surface area (Å²) in [5, 5.41) is 12.8. The first-order chi connectivity index (χ1) is 9.45. The molecule has 1 atom stereocenters. The molecule has 1 aromatic rings. The number of hydrogen-bond donors (Lipinski definition) is 2. The highest BCUT2D eigenvalue weighted by molar-refractivity contribution is 5.80. The number of rotatable bonds is 8. The molecular weight excluding hydrogens is 252 g/mol. The summed E-state index contributed by atoms with van der Waals surface area (Å²) in [5.41, 5.74) is 0.776. The van der Waals surface area contributed by atoms with Crippen molar-refractivity contribution < 1.29 is 9.90 Å². The first-order valence-corrected chi connectivity index (χ1v) is 7.22. The van der Waals surface area contributed by atoms with Crippen LogP contribution in [0.15, 0.2) is 24.3 Å². The van der Waals surface area contributed by atoms with Crippen molar-refractivity contribution in [1.82, 2.24) is 10.2 Å². The van der Waals surface area contributed by atoms with Crippen molar-refractivity contribution in [3.8, 4) is 0 Å². The molecule has 0 aliphatic rings. The summed E-state index contributed by atoms with van der Waals surface area (Å²) in [6.07, 6.45) is 0. The van der Waals surface area contributed by atoms with Crippen LogP contribution in [0, 0.1) is 6.92 Å². The van der Waals surface area contributed by atoms with Gasteiger partial charge in [-0.3, -0.25) is 5.32 Å². The number of carboxylic acids is 1. The molecular formula is C16H26N2O2. The number of hydrogen-bond acceptors (Lipinski definition) is 3. The lowest BCUT2D eigenvalue weighted by Crippen LogP contribution is -2.49. The molecule has 0 fully saturated rings. The zero-order valence-electron chi connectivity index (χ0n) is 12.9. The van der Waals surface area contributed by atoms with Gasteiger partial charge in [0.15, 0.2) is 0 Å². The Hall–Kier alpha value is -1.39. The van der Waals surface area contributed by atoms with Gasteiger partial charge in [0.2, 0.25) is 0 Å². The highest BCUT2D eigenvalue weighted by atomic mass is 16.4. The van der Waals surface area contributed by atoms with Gasteiger partial charge in [-0.2, -0.15) is 0 Å². The van der Waals surface area contributed by atoms with Crippen LogP contribution in [0.3, 0.4) is 0 Å². The zero-order valence-corrected chi connectivity index (χ0v) is 12.9. The Labute approximate surface area is 121 Å². The van der Waals surface area contributed by atoms with Crippen molar-refractivity contribution in [2.24, 2.45) is 0 Å². The fourth-order valence-electron chi connectivity index (χ4n) is 2.42. The van der Waals surface area contributed by atoms with Gasteiger partial charge in [-0.1, -0.05) is 38.1 Å². The largest absolute Gasteiger partial charge is 0.480 e. The van der Waals surface area contributed by atoms with Gasteiger partial charge < -0.3 is 10.0 Å². The summed E-state index contributed by atoms with van der Waals surface area (Å²) in [6.45, 7) is 11.4. The molecule has 1 unspecified atom stereocenters. The molecule has 1 aromatic carbocycles. The lowest BCUT2D eigenvalue weighted by molar-refractivity contribution is -0.144. The van der Waals surface area contributed by atoms with E-state index in [2.05, 4.69) is 24.1 Å². The third-order valence-corrected chi connectivity index (χ3v) is 3.91. The summed E-state index contributed by atoms with van der Waals surface area (Å²) < 4.78 is 0. The molecule has 2 N–H and O–H groups in total. The summed E-state index contributed by atoms with van der Waals surface area (Å²) in [4.78, 5) is 14.0. The second kappa shape index (κ2) is 7.41. The Bertz CT molecular complexity index is 444. The standard InChI is InChI=1S/C16H26N2O2/c1-5-18(6-2)12-11-17-16(4,15(19)20)14-10-8-7-9-13(14)3/h7-10,17H,5-6,11-12H2,1-4H3,(H,19,20). The van der Waals surface area contributed by atoms with Crippen molar-refractivity contribution in [3.05, 3.63) is 35.4 Å². The summed E-state index contributed by atoms with van der Waals surface area (Å²) in [6, 6.07) is 7.64. The smallest absolute Gasteiger partial charge is 0.328 e. The quantitative estimate of drug-likeness (QED) is 0.765. The Morgan fingerprint density at radius 1 is 1.30 bits per heavy atom. The number of carbonyl (C=O) groups is 1. The van der Waals surface area contributed by atoms with E-state index in [1.54, 1.807) is 6.92 Å². The van der Waals surface area contributed by atoms with E-state index in [0.717, 1.165) is 30.8 Å². The third kappa shape index (κ3) is 3.81. The van der Waals surface area contributed by atoms with Crippen molar-refractivity contribution in [3.63, 3.8) is 0 Å². The molecule has 1 rings (SSSR count). The molecule has 0 aliphatic carbocycles. The highest BCUT2D eigenvalue weighted by Gasteiger charge is 2.35. The normalized spacial score (nSPS) is 14.2. The maximum Gasteiger partial charge on any atom is 0.328 e. The second-order valence-corrected chi connectivity index (χ2v) is 5.20. The molecule has 4 nitrogen and oxygen atoms in total. The first-order valence-electron chi connectivity index (χ1n) is 7.22. The van der Waals surface area contributed by atoms with Crippen LogP contribution in [0.25, 0.3) is 0 Å². The van der Waals surface area contributed by atoms with Crippen LogP contribution in [0.5, 0.6) is 0 Å². The van der Waals surface area contributed by atoms with Crippen LogP contribution >= 0.6 is 0 Å². The average Bonchev–Trinajstić information content (AvgIpc) is 2.43. The topological polar surface area (TPSA) is 52.6 Å². The van der Waals surface area contributed by atoms with Gasteiger partial charge in [0.05, 0.1) is 0 Å². The van der Waals surface area contributed by atoms with Crippen LogP contribution in [-0.4, -0.2) is 42.2 Å². The van der Waals surface area contributed by atoms with E-state index in [0.29, 0.717) is 6.54 Å². The van der Waals surface area contributed by atoms with E-state index in [9.17, 15) is 9.90 Å². The van der Waals surface area contributed by atoms with Gasteiger partial charge >= 0.3 is 5.97 Å². The minimum absolute atomic E-state index is 0.652. The van der Waals surface area contributed by atoms with Gasteiger partial charge in [-0.05, 0) is 38.1 Å². The Balaban J connectivity index is 2.83. The molecule has 0 radical (unpaired) electrons. The minimum Gasteiger partial charge on any atom is -0.480 e. The SMILES string of the molecule is CCN(CC)CCNC(C)(C(=O)O)c1ccccc1C. The predicted molar refractivity (Wildman–Crippen MR) is 82.0 cm³/mol. The minimum atomic E-state index is -1.04. The molecule has 112 valence electrons. The molecule has 0 bridgehead atoms. The van der Waals surface area contributed by atoms with Gasteiger partial charge in [0, 0.05) is 13.1 Å². The number of nitrogens with one attached hydrogen (secondary N) is 1. The van der Waals surface area contributed by atoms with E-state index in [-0.39, 0.29) is 0 Å². The van der Waals surface area contributed by atoms with Gasteiger partial charge in [0.25, 0.3) is 0 Å². The Kier molecular flexibility index (Phi) is 6.17. The molecule has 4 heteroatoms. The van der Waals surface area contributed by atoms with Crippen LogP contribution in [0.2, 0.25) is 0 Å². The van der Waals surface area contributed by atoms with E-state index in [1.807, 2.05) is 31.2 Å². The maximum atomic E-state index is 11.7. The van der Waals surface area contributed by atoms with Gasteiger partial charge in [-0.25, -0.2) is 4.79 Å². The van der Waals surface area contributed by atoms with Crippen molar-refractivity contribution in [2.45, 2.75) is 33.2 Å². The monoisotopic (exact) mass is 278 g/mol. The number of likely N-dealkylation sites (N-methyl/N-ethyl adjacent to an activating group) is 1. The average molecular weight is 278 g/mol. The Morgan fingerprint density at radius 3 is 2.40 bits per heavy atom. The molecule has 0 amide bonds. The second-order valence-electron chi connectivity index (χ2n) is 5.20. The molecule has 0 aliphatic heterocycles. The van der Waals surface area contributed by atoms with Crippen LogP contribution in [0.4, 0.5) is 0 Å². The van der Waals surface area contributed by atoms with Gasteiger partial charge in [-0.15, -0.1) is 0 Å². The zero-order chi connectivity index (χ0) is 15.2. The molecule has 0 heterocycles. The summed E-state index contributed by atoms with van der Waals surface area (Å²) in [5.74, 6) is -0.841. The Morgan fingerprint density at radius 2 is 1.90 bits per heavy atom. The molecule has 0 saturated carbocycles. The summed E-state index contributed by atoms with van der Waals surface area (Å²) in [7, 11) is 0. The molecule has 20 heavy (non-hydrogen) atoms. The van der Waals surface area contributed by atoms with Crippen molar-refractivity contribution in [2.75, 3.05) is 26.2 Å². The fourth-order valence-corrected chi connectivity index (χ4v) is 2.42. The fraction of sp³-hybridized carbons (Fsp3) is 0.562. The lowest BCUT2D eigenvalue weighted by atomic mass is 9.88. The van der Waals surface area contributed by atoms with Crippen LogP contribution in [-0.2, 0) is 10.3 Å².